The lowest BCUT2D eigenvalue weighted by atomic mass is 10.3. The zero-order valence-corrected chi connectivity index (χ0v) is 6.77. The zero-order chi connectivity index (χ0) is 9.26. The van der Waals surface area contributed by atoms with E-state index in [0.717, 1.165) is 5.52 Å². The topological polar surface area (TPSA) is 53.7 Å². The Morgan fingerprint density at radius 1 is 1.38 bits per heavy atom. The van der Waals surface area contributed by atoms with E-state index in [0.29, 0.717) is 5.69 Å². The van der Waals surface area contributed by atoms with Gasteiger partial charge >= 0.3 is 6.09 Å². The fourth-order valence-electron chi connectivity index (χ4n) is 1.23. The van der Waals surface area contributed by atoms with Crippen molar-refractivity contribution in [3.05, 3.63) is 36.7 Å². The predicted molar refractivity (Wildman–Crippen MR) is 49.0 cm³/mol. The summed E-state index contributed by atoms with van der Waals surface area (Å²) in [5.41, 5.74) is 1.55. The standard InChI is InChI=1S/C9H8N2O2/c12-9(13)10-7-3-5-11-4-1-2-8(11)6-7/h1-6,10H,(H,12,13). The number of amides is 1. The average Bonchev–Trinajstić information content (AvgIpc) is 2.49. The van der Waals surface area contributed by atoms with Crippen LogP contribution in [0.3, 0.4) is 0 Å². The van der Waals surface area contributed by atoms with Gasteiger partial charge in [-0.3, -0.25) is 5.32 Å². The molecular formula is C9H8N2O2. The Hall–Kier alpha value is -1.97. The highest BCUT2D eigenvalue weighted by atomic mass is 16.4. The first-order valence-electron chi connectivity index (χ1n) is 3.82. The monoisotopic (exact) mass is 176 g/mol. The van der Waals surface area contributed by atoms with Gasteiger partial charge in [-0.05, 0) is 24.3 Å². The van der Waals surface area contributed by atoms with Crippen LogP contribution in [0.15, 0.2) is 36.7 Å². The fourth-order valence-corrected chi connectivity index (χ4v) is 1.23. The molecule has 2 heterocycles. The minimum absolute atomic E-state index is 0.582. The Labute approximate surface area is 74.4 Å². The fraction of sp³-hybridized carbons (Fsp3) is 0. The van der Waals surface area contributed by atoms with E-state index >= 15 is 0 Å². The first-order valence-corrected chi connectivity index (χ1v) is 3.82. The van der Waals surface area contributed by atoms with Crippen LogP contribution in [0.25, 0.3) is 5.52 Å². The second kappa shape index (κ2) is 2.82. The van der Waals surface area contributed by atoms with E-state index < -0.39 is 6.09 Å². The summed E-state index contributed by atoms with van der Waals surface area (Å²) < 4.78 is 1.91. The molecule has 0 unspecified atom stereocenters. The molecule has 2 N–H and O–H groups in total. The number of hydrogen-bond donors (Lipinski definition) is 2. The van der Waals surface area contributed by atoms with Crippen molar-refractivity contribution in [2.75, 3.05) is 5.32 Å². The van der Waals surface area contributed by atoms with Crippen LogP contribution < -0.4 is 5.32 Å². The lowest BCUT2D eigenvalue weighted by Crippen LogP contribution is -2.07. The molecule has 0 atom stereocenters. The first-order chi connectivity index (χ1) is 6.25. The molecular weight excluding hydrogens is 168 g/mol. The van der Waals surface area contributed by atoms with E-state index in [4.69, 9.17) is 5.11 Å². The van der Waals surface area contributed by atoms with Crippen molar-refractivity contribution in [3.8, 4) is 0 Å². The summed E-state index contributed by atoms with van der Waals surface area (Å²) in [4.78, 5) is 10.3. The molecule has 0 spiro atoms. The third-order valence-corrected chi connectivity index (χ3v) is 1.78. The molecule has 2 aromatic heterocycles. The second-order valence-electron chi connectivity index (χ2n) is 2.69. The summed E-state index contributed by atoms with van der Waals surface area (Å²) in [6, 6.07) is 7.29. The minimum atomic E-state index is -1.05. The summed E-state index contributed by atoms with van der Waals surface area (Å²) >= 11 is 0. The Morgan fingerprint density at radius 2 is 2.23 bits per heavy atom. The van der Waals surface area contributed by atoms with Gasteiger partial charge < -0.3 is 9.51 Å². The highest BCUT2D eigenvalue weighted by molar-refractivity contribution is 5.83. The Morgan fingerprint density at radius 3 is 3.00 bits per heavy atom. The van der Waals surface area contributed by atoms with Gasteiger partial charge in [-0.15, -0.1) is 0 Å². The number of carboxylic acid groups (broad SMARTS) is 1. The molecule has 66 valence electrons. The van der Waals surface area contributed by atoms with Gasteiger partial charge in [0.2, 0.25) is 0 Å². The molecule has 0 fully saturated rings. The molecule has 0 bridgehead atoms. The number of nitrogens with one attached hydrogen (secondary N) is 1. The van der Waals surface area contributed by atoms with Gasteiger partial charge in [0, 0.05) is 23.6 Å². The lowest BCUT2D eigenvalue weighted by molar-refractivity contribution is 0.210. The number of aromatic nitrogens is 1. The van der Waals surface area contributed by atoms with Crippen molar-refractivity contribution < 1.29 is 9.90 Å². The Kier molecular flexibility index (Phi) is 1.66. The first kappa shape index (κ1) is 7.67. The average molecular weight is 176 g/mol. The lowest BCUT2D eigenvalue weighted by Gasteiger charge is -2.01. The van der Waals surface area contributed by atoms with Crippen molar-refractivity contribution in [2.24, 2.45) is 0 Å². The van der Waals surface area contributed by atoms with E-state index in [1.807, 2.05) is 22.7 Å². The van der Waals surface area contributed by atoms with E-state index in [9.17, 15) is 4.79 Å². The van der Waals surface area contributed by atoms with E-state index in [-0.39, 0.29) is 0 Å². The van der Waals surface area contributed by atoms with Crippen molar-refractivity contribution >= 4 is 17.3 Å². The maximum Gasteiger partial charge on any atom is 0.409 e. The highest BCUT2D eigenvalue weighted by Crippen LogP contribution is 2.12. The van der Waals surface area contributed by atoms with Gasteiger partial charge in [0.15, 0.2) is 0 Å². The highest BCUT2D eigenvalue weighted by Gasteiger charge is 1.98. The van der Waals surface area contributed by atoms with Crippen LogP contribution >= 0.6 is 0 Å². The van der Waals surface area contributed by atoms with Gasteiger partial charge in [0.1, 0.15) is 0 Å². The van der Waals surface area contributed by atoms with E-state index in [2.05, 4.69) is 5.32 Å². The van der Waals surface area contributed by atoms with Crippen LogP contribution in [0.1, 0.15) is 0 Å². The summed E-state index contributed by atoms with van der Waals surface area (Å²) in [6.07, 6.45) is 2.66. The molecule has 0 aromatic carbocycles. The SMILES string of the molecule is O=C(O)Nc1ccn2cccc2c1. The van der Waals surface area contributed by atoms with Gasteiger partial charge in [-0.25, -0.2) is 4.79 Å². The Bertz CT molecular complexity index is 448. The quantitative estimate of drug-likeness (QED) is 0.698. The smallest absolute Gasteiger partial charge is 0.409 e. The minimum Gasteiger partial charge on any atom is -0.465 e. The largest absolute Gasteiger partial charge is 0.465 e. The van der Waals surface area contributed by atoms with Gasteiger partial charge in [-0.1, -0.05) is 0 Å². The van der Waals surface area contributed by atoms with Crippen LogP contribution in [0, 0.1) is 0 Å². The van der Waals surface area contributed by atoms with Crippen LogP contribution in [-0.4, -0.2) is 15.6 Å². The molecule has 1 amide bonds. The summed E-state index contributed by atoms with van der Waals surface area (Å²) in [7, 11) is 0. The second-order valence-corrected chi connectivity index (χ2v) is 2.69. The van der Waals surface area contributed by atoms with Crippen LogP contribution in [0.4, 0.5) is 10.5 Å². The maximum atomic E-state index is 10.3. The third-order valence-electron chi connectivity index (χ3n) is 1.78. The maximum absolute atomic E-state index is 10.3. The molecule has 0 aliphatic rings. The number of rotatable bonds is 1. The molecule has 13 heavy (non-hydrogen) atoms. The molecule has 0 aliphatic carbocycles. The molecule has 2 aromatic rings. The number of anilines is 1. The third kappa shape index (κ3) is 1.46. The van der Waals surface area contributed by atoms with Crippen molar-refractivity contribution in [2.45, 2.75) is 0 Å². The van der Waals surface area contributed by atoms with Crippen molar-refractivity contribution in [3.63, 3.8) is 0 Å². The van der Waals surface area contributed by atoms with Crippen molar-refractivity contribution in [1.82, 2.24) is 4.40 Å². The number of nitrogens with zero attached hydrogens (tertiary/aromatic N) is 1. The summed E-state index contributed by atoms with van der Waals surface area (Å²) in [6.45, 7) is 0. The van der Waals surface area contributed by atoms with E-state index in [1.54, 1.807) is 18.3 Å². The van der Waals surface area contributed by atoms with Gasteiger partial charge in [0.05, 0.1) is 0 Å². The van der Waals surface area contributed by atoms with Crippen molar-refractivity contribution in [1.29, 1.82) is 0 Å². The van der Waals surface area contributed by atoms with E-state index in [1.165, 1.54) is 0 Å². The summed E-state index contributed by atoms with van der Waals surface area (Å²) in [5.74, 6) is 0. The number of pyridine rings is 1. The van der Waals surface area contributed by atoms with Crippen LogP contribution in [-0.2, 0) is 0 Å². The zero-order valence-electron chi connectivity index (χ0n) is 6.77. The molecule has 4 nitrogen and oxygen atoms in total. The van der Waals surface area contributed by atoms with Gasteiger partial charge in [-0.2, -0.15) is 0 Å². The normalized spacial score (nSPS) is 10.2. The molecule has 0 saturated carbocycles. The molecule has 0 saturated heterocycles. The molecule has 0 radical (unpaired) electrons. The number of carbonyl (C=O) groups is 1. The van der Waals surface area contributed by atoms with Gasteiger partial charge in [0.25, 0.3) is 0 Å². The summed E-state index contributed by atoms with van der Waals surface area (Å²) in [5, 5.41) is 10.8. The Balaban J connectivity index is 2.42. The van der Waals surface area contributed by atoms with Crippen LogP contribution in [0.5, 0.6) is 0 Å². The molecule has 0 aliphatic heterocycles. The predicted octanol–water partition coefficient (Wildman–Crippen LogP) is 2.03. The number of fused-ring (bicyclic) bond motifs is 1. The number of hydrogen-bond acceptors (Lipinski definition) is 1. The van der Waals surface area contributed by atoms with Crippen LogP contribution in [0.2, 0.25) is 0 Å². The molecule has 4 heteroatoms. The molecule has 2 rings (SSSR count).